The van der Waals surface area contributed by atoms with Crippen LogP contribution in [-0.2, 0) is 89.9 Å². The number of carbonyl (C=O) groups excluding carboxylic acids is 5. The summed E-state index contributed by atoms with van der Waals surface area (Å²) in [4.78, 5) is 129. The van der Waals surface area contributed by atoms with Gasteiger partial charge in [0.15, 0.2) is 5.95 Å². The van der Waals surface area contributed by atoms with Crippen molar-refractivity contribution in [3.63, 3.8) is 0 Å². The fraction of sp³-hybridized carbons (Fsp3) is 0.491. The van der Waals surface area contributed by atoms with Crippen LogP contribution in [0.4, 0.5) is 5.95 Å². The molecular weight excluding hydrogens is 1390 g/mol. The summed E-state index contributed by atoms with van der Waals surface area (Å²) in [6, 6.07) is 1.85. The van der Waals surface area contributed by atoms with Gasteiger partial charge in [-0.15, -0.1) is 0 Å². The number of nitrogens with zero attached hydrogens (tertiary/aromatic N) is 6. The molecule has 1 aliphatic rings. The Balaban J connectivity index is 0.0000192. The molecule has 95 heavy (non-hydrogen) atoms. The van der Waals surface area contributed by atoms with Crippen molar-refractivity contribution in [3.05, 3.63) is 93.7 Å². The minimum absolute atomic E-state index is 0. The van der Waals surface area contributed by atoms with E-state index in [-0.39, 0.29) is 163 Å². The molecule has 1 radical (unpaired) electrons. The Hall–Kier alpha value is -6.93. The molecule has 1 saturated heterocycles. The van der Waals surface area contributed by atoms with E-state index in [9.17, 15) is 99.3 Å². The van der Waals surface area contributed by atoms with Crippen molar-refractivity contribution in [3.8, 4) is 5.75 Å². The molecular formula is C55H82N14O22S3Y. The Kier molecular flexibility index (Phi) is 31.8. The number of carboxylic acids is 3. The third-order valence-corrected chi connectivity index (χ3v) is 17.6. The molecule has 1 unspecified atom stereocenters. The number of hydrogen-bond donors (Lipinski definition) is 18. The van der Waals surface area contributed by atoms with Crippen molar-refractivity contribution in [2.24, 2.45) is 7.05 Å². The molecule has 2 aromatic carbocycles. The van der Waals surface area contributed by atoms with Crippen LogP contribution >= 0.6 is 21.7 Å². The molecule has 2 aromatic heterocycles. The predicted molar refractivity (Wildman–Crippen MR) is 343 cm³/mol. The molecule has 3 heterocycles. The van der Waals surface area contributed by atoms with Crippen LogP contribution in [0.1, 0.15) is 39.9 Å². The largest absolute Gasteiger partial charge is 0.512 e. The number of pyridine rings is 1. The van der Waals surface area contributed by atoms with Crippen molar-refractivity contribution in [2.45, 2.75) is 56.3 Å². The van der Waals surface area contributed by atoms with Crippen LogP contribution in [-0.4, -0.2) is 272 Å². The van der Waals surface area contributed by atoms with Crippen molar-refractivity contribution < 1.29 is 132 Å². The van der Waals surface area contributed by atoms with Gasteiger partial charge in [0.25, 0.3) is 5.91 Å². The summed E-state index contributed by atoms with van der Waals surface area (Å²) in [6.07, 6.45) is 4.50. The average molecular weight is 1480 g/mol. The maximum absolute atomic E-state index is 13.7. The van der Waals surface area contributed by atoms with E-state index in [2.05, 4.69) is 53.2 Å². The number of imidazole rings is 1. The summed E-state index contributed by atoms with van der Waals surface area (Å²) in [7, 11) is -12.1. The summed E-state index contributed by atoms with van der Waals surface area (Å²) in [5.74, 6) is -10.8. The second-order valence-electron chi connectivity index (χ2n) is 22.1. The van der Waals surface area contributed by atoms with Crippen LogP contribution in [0.25, 0.3) is 10.9 Å². The second-order valence-corrected chi connectivity index (χ2v) is 26.9. The maximum atomic E-state index is 13.7. The Morgan fingerprint density at radius 2 is 1.23 bits per heavy atom. The first-order chi connectivity index (χ1) is 44.1. The monoisotopic (exact) mass is 1480 g/mol. The van der Waals surface area contributed by atoms with Gasteiger partial charge in [0.2, 0.25) is 39.1 Å². The van der Waals surface area contributed by atoms with Gasteiger partial charge in [-0.25, -0.2) is 13.4 Å². The van der Waals surface area contributed by atoms with Crippen LogP contribution < -0.4 is 46.8 Å². The number of carboxylic acid groups (broad SMARTS) is 3. The number of sulfonamides is 1. The van der Waals surface area contributed by atoms with Gasteiger partial charge in [0.1, 0.15) is 29.4 Å². The number of fused-ring (bicyclic) bond motifs is 1. The number of aromatic nitrogens is 3. The van der Waals surface area contributed by atoms with E-state index in [0.29, 0.717) is 18.0 Å². The van der Waals surface area contributed by atoms with Crippen LogP contribution in [0.3, 0.4) is 0 Å². The minimum Gasteiger partial charge on any atom is -0.512 e. The first-order valence-corrected chi connectivity index (χ1v) is 33.8. The van der Waals surface area contributed by atoms with Crippen molar-refractivity contribution in [2.75, 3.05) is 122 Å². The van der Waals surface area contributed by atoms with Crippen LogP contribution in [0.2, 0.25) is 0 Å². The van der Waals surface area contributed by atoms with Crippen LogP contribution in [0.5, 0.6) is 5.75 Å². The Labute approximate surface area is 574 Å². The first kappa shape index (κ1) is 80.5. The fourth-order valence-electron chi connectivity index (χ4n) is 9.88. The zero-order valence-electron chi connectivity index (χ0n) is 52.3. The third-order valence-electron chi connectivity index (χ3n) is 14.3. The summed E-state index contributed by atoms with van der Waals surface area (Å²) in [5, 5.41) is 53.9. The summed E-state index contributed by atoms with van der Waals surface area (Å²) in [5.41, 5.74) is 0.662. The molecule has 4 aromatic rings. The van der Waals surface area contributed by atoms with Gasteiger partial charge in [-0.1, -0.05) is 12.6 Å². The number of ether oxygens (including phenoxy) is 1. The molecule has 18 N–H and O–H groups in total. The molecule has 0 aliphatic carbocycles. The normalized spacial score (nSPS) is 15.5. The number of H-pyrrole nitrogens is 1. The molecule has 0 bridgehead atoms. The molecule has 5 rings (SSSR count). The fourth-order valence-corrected chi connectivity index (χ4v) is 12.9. The van der Waals surface area contributed by atoms with Gasteiger partial charge < -0.3 is 93.9 Å². The minimum atomic E-state index is -4.58. The Bertz CT molecular complexity index is 3470. The number of anilines is 1. The summed E-state index contributed by atoms with van der Waals surface area (Å²) < 4.78 is 96.5. The number of aliphatic hydroxyl groups excluding tert-OH is 1. The van der Waals surface area contributed by atoms with Gasteiger partial charge >= 0.3 is 17.9 Å². The standard InChI is InChI=1S/C55H82N14O22S3.Y/c1-34-22-38(23-35(2)50(34)94(89,90)64-41(54(81)82)26-60-51(78)40-28-65(4)44-24-37(7-8-39(44)49(40)77)25-61-55-58-11-12-59-55)91-21-5-6-45(71)56-9-10-57-52(79)42(32-92(83,84)85)63-53(80)43(33-93(86,87)88)62-46(72)29-67-15-19-68(30-47(73)74)17-13-66(27-36(3)70)14-18-69(20-16-67)31-48(75)76;/h7-8,11-12,22-24,28,41-43,64,70,83-88H,3,5-6,9-10,13-21,25-27,29-33H2,1-2,4H3,(H,56,71)(H,57,79)(H,60,78)(H,62,72)(H,63,80)(H,73,74)(H,75,76)(H,81,82)(H2,58,59,61);/t41?,42-,43-;/m0./s1. The molecule has 525 valence electrons. The molecule has 3 atom stereocenters. The molecule has 0 saturated carbocycles. The zero-order valence-corrected chi connectivity index (χ0v) is 57.6. The Morgan fingerprint density at radius 1 is 0.695 bits per heavy atom. The number of aliphatic carboxylic acids is 3. The van der Waals surface area contributed by atoms with E-state index in [1.54, 1.807) is 56.9 Å². The SMILES string of the molecule is C=C(O)CN1CCN(CC(=O)O)CCN(CC(=O)N[C@@H](CS(O)(O)O)C(=O)N[C@@H](CS(O)(O)O)C(=O)NCCNC(=O)CCCOc2cc(C)c(S(=O)(=O)NC(CNC(=O)c3cn(C)c4cc(CNc5ncc[nH]5)ccc4c3=O)C(=O)O)c(C)c2)CCN(CC(=O)O)CC1.[Y]. The number of aromatic amines is 1. The van der Waals surface area contributed by atoms with E-state index in [1.165, 1.54) is 37.1 Å². The third kappa shape index (κ3) is 28.0. The van der Waals surface area contributed by atoms with E-state index >= 15 is 0 Å². The first-order valence-electron chi connectivity index (χ1n) is 29.0. The summed E-state index contributed by atoms with van der Waals surface area (Å²) >= 11 is 0. The second kappa shape index (κ2) is 37.5. The van der Waals surface area contributed by atoms with Crippen LogP contribution in [0, 0.1) is 13.8 Å². The number of carbonyl (C=O) groups is 8. The molecule has 36 nitrogen and oxygen atoms in total. The average Bonchev–Trinajstić information content (AvgIpc) is 1.01. The number of aliphatic hydroxyl groups is 1. The quantitative estimate of drug-likeness (QED) is 0.0195. The van der Waals surface area contributed by atoms with Gasteiger partial charge in [0, 0.05) is 149 Å². The van der Waals surface area contributed by atoms with E-state index < -0.39 is 140 Å². The van der Waals surface area contributed by atoms with Gasteiger partial charge in [-0.3, -0.25) is 62.8 Å². The number of benzene rings is 2. The molecule has 40 heteroatoms. The van der Waals surface area contributed by atoms with E-state index in [4.69, 9.17) is 4.74 Å². The summed E-state index contributed by atoms with van der Waals surface area (Å²) in [6.45, 7) is 4.95. The van der Waals surface area contributed by atoms with E-state index in [1.807, 2.05) is 0 Å². The number of hydrogen-bond acceptors (Lipinski definition) is 25. The zero-order chi connectivity index (χ0) is 69.7. The molecule has 1 fully saturated rings. The molecule has 0 spiro atoms. The van der Waals surface area contributed by atoms with Gasteiger partial charge in [-0.05, 0) is 61.2 Å². The van der Waals surface area contributed by atoms with Crippen LogP contribution in [0.15, 0.2) is 71.0 Å². The molecule has 1 aliphatic heterocycles. The Morgan fingerprint density at radius 3 is 1.75 bits per heavy atom. The molecule has 5 amide bonds. The van der Waals surface area contributed by atoms with Gasteiger partial charge in [0.05, 0.1) is 82.2 Å². The van der Waals surface area contributed by atoms with E-state index in [0.717, 1.165) is 5.56 Å². The predicted octanol–water partition coefficient (Wildman–Crippen LogP) is -1.08. The smallest absolute Gasteiger partial charge is 0.323 e. The van der Waals surface area contributed by atoms with Crippen molar-refractivity contribution in [1.29, 1.82) is 0 Å². The maximum Gasteiger partial charge on any atom is 0.323 e. The van der Waals surface area contributed by atoms with Gasteiger partial charge in [-0.2, -0.15) is 4.72 Å². The number of nitrogens with one attached hydrogen (secondary N) is 8. The van der Waals surface area contributed by atoms with Crippen molar-refractivity contribution in [1.82, 2.24) is 65.4 Å². The van der Waals surface area contributed by atoms with Crippen molar-refractivity contribution >= 4 is 96.1 Å². The topological polar surface area (TPSA) is 530 Å². The number of rotatable bonds is 34. The number of amides is 5. The number of aryl methyl sites for hydroxylation is 3.